The third-order valence-corrected chi connectivity index (χ3v) is 6.83. The maximum atomic E-state index is 11.7. The zero-order valence-corrected chi connectivity index (χ0v) is 17.3. The van der Waals surface area contributed by atoms with Crippen molar-refractivity contribution in [2.24, 2.45) is 0 Å². The van der Waals surface area contributed by atoms with E-state index in [1.807, 2.05) is 24.0 Å². The Morgan fingerprint density at radius 3 is 2.69 bits per heavy atom. The topological polar surface area (TPSA) is 108 Å². The summed E-state index contributed by atoms with van der Waals surface area (Å²) in [5, 5.41) is 14.0. The molecule has 3 heterocycles. The van der Waals surface area contributed by atoms with Crippen LogP contribution in [0.3, 0.4) is 0 Å². The summed E-state index contributed by atoms with van der Waals surface area (Å²) in [7, 11) is -2.99. The Morgan fingerprint density at radius 1 is 1.21 bits per heavy atom. The van der Waals surface area contributed by atoms with E-state index in [1.165, 1.54) is 6.33 Å². The molecule has 0 bridgehead atoms. The molecule has 29 heavy (non-hydrogen) atoms. The summed E-state index contributed by atoms with van der Waals surface area (Å²) < 4.78 is 23.4. The van der Waals surface area contributed by atoms with Gasteiger partial charge < -0.3 is 15.3 Å². The number of rotatable bonds is 4. The standard InChI is InChI=1S/C19H20ClN5O3S/c1-12(13-3-2-4-14(26)9-13)23-19-15-10-16(24-18(20)17(15)21-11-22-19)25-5-7-29(27,28)8-6-25/h2-4,9-12,26H,5-8H2,1H3,(H,21,22,23)/t12-/m1/s1. The molecule has 0 saturated carbocycles. The molecule has 0 spiro atoms. The number of nitrogens with one attached hydrogen (secondary N) is 1. The molecule has 0 radical (unpaired) electrons. The van der Waals surface area contributed by atoms with Crippen molar-refractivity contribution in [3.8, 4) is 5.75 Å². The number of phenolic OH excluding ortho intramolecular Hbond substituents is 1. The van der Waals surface area contributed by atoms with Gasteiger partial charge in [0.15, 0.2) is 15.0 Å². The van der Waals surface area contributed by atoms with Crippen LogP contribution >= 0.6 is 11.6 Å². The average Bonchev–Trinajstić information content (AvgIpc) is 2.68. The van der Waals surface area contributed by atoms with E-state index in [-0.39, 0.29) is 28.5 Å². The maximum absolute atomic E-state index is 11.7. The van der Waals surface area contributed by atoms with E-state index < -0.39 is 9.84 Å². The van der Waals surface area contributed by atoms with Crippen LogP contribution in [0, 0.1) is 0 Å². The van der Waals surface area contributed by atoms with Gasteiger partial charge in [0.2, 0.25) is 0 Å². The van der Waals surface area contributed by atoms with Gasteiger partial charge in [-0.25, -0.2) is 23.4 Å². The molecule has 8 nitrogen and oxygen atoms in total. The summed E-state index contributed by atoms with van der Waals surface area (Å²) in [5.41, 5.74) is 1.42. The molecule has 10 heteroatoms. The Hall–Kier alpha value is -2.65. The lowest BCUT2D eigenvalue weighted by Crippen LogP contribution is -2.40. The highest BCUT2D eigenvalue weighted by molar-refractivity contribution is 7.91. The Bertz CT molecular complexity index is 1160. The molecule has 1 aromatic carbocycles. The van der Waals surface area contributed by atoms with Crippen LogP contribution < -0.4 is 10.2 Å². The molecule has 1 saturated heterocycles. The Balaban J connectivity index is 1.68. The molecule has 152 valence electrons. The second-order valence-corrected chi connectivity index (χ2v) is 9.65. The van der Waals surface area contributed by atoms with Crippen molar-refractivity contribution < 1.29 is 13.5 Å². The lowest BCUT2D eigenvalue weighted by Gasteiger charge is -2.28. The second kappa shape index (κ2) is 7.64. The van der Waals surface area contributed by atoms with E-state index >= 15 is 0 Å². The van der Waals surface area contributed by atoms with Crippen molar-refractivity contribution in [3.63, 3.8) is 0 Å². The smallest absolute Gasteiger partial charge is 0.157 e. The van der Waals surface area contributed by atoms with E-state index in [4.69, 9.17) is 11.6 Å². The van der Waals surface area contributed by atoms with Crippen LogP contribution in [0.5, 0.6) is 5.75 Å². The highest BCUT2D eigenvalue weighted by Gasteiger charge is 2.24. The van der Waals surface area contributed by atoms with Gasteiger partial charge in [0.25, 0.3) is 0 Å². The fraction of sp³-hybridized carbons (Fsp3) is 0.316. The minimum Gasteiger partial charge on any atom is -0.508 e. The zero-order chi connectivity index (χ0) is 20.6. The molecule has 1 atom stereocenters. The van der Waals surface area contributed by atoms with Crippen LogP contribution in [-0.2, 0) is 9.84 Å². The van der Waals surface area contributed by atoms with Gasteiger partial charge in [0.05, 0.1) is 17.5 Å². The average molecular weight is 434 g/mol. The Labute approximate surface area is 173 Å². The Morgan fingerprint density at radius 2 is 1.97 bits per heavy atom. The number of nitrogens with zero attached hydrogens (tertiary/aromatic N) is 4. The molecule has 0 amide bonds. The van der Waals surface area contributed by atoms with E-state index in [2.05, 4.69) is 20.3 Å². The van der Waals surface area contributed by atoms with Gasteiger partial charge in [0.1, 0.15) is 29.2 Å². The molecule has 4 rings (SSSR count). The fourth-order valence-electron chi connectivity index (χ4n) is 3.31. The summed E-state index contributed by atoms with van der Waals surface area (Å²) in [6.07, 6.45) is 1.42. The first kappa shape index (κ1) is 19.7. The van der Waals surface area contributed by atoms with Crippen molar-refractivity contribution in [3.05, 3.63) is 47.4 Å². The second-order valence-electron chi connectivity index (χ2n) is 6.99. The quantitative estimate of drug-likeness (QED) is 0.604. The van der Waals surface area contributed by atoms with Crippen molar-refractivity contribution in [1.29, 1.82) is 0 Å². The van der Waals surface area contributed by atoms with Crippen molar-refractivity contribution in [2.45, 2.75) is 13.0 Å². The van der Waals surface area contributed by atoms with Crippen LogP contribution in [-0.4, -0.2) is 53.1 Å². The number of anilines is 2. The summed E-state index contributed by atoms with van der Waals surface area (Å²) in [6, 6.07) is 8.70. The van der Waals surface area contributed by atoms with E-state index in [0.29, 0.717) is 35.6 Å². The highest BCUT2D eigenvalue weighted by atomic mass is 35.5. The van der Waals surface area contributed by atoms with Gasteiger partial charge in [-0.1, -0.05) is 23.7 Å². The summed E-state index contributed by atoms with van der Waals surface area (Å²) in [6.45, 7) is 2.70. The van der Waals surface area contributed by atoms with Crippen LogP contribution in [0.4, 0.5) is 11.6 Å². The van der Waals surface area contributed by atoms with Gasteiger partial charge in [-0.3, -0.25) is 0 Å². The summed E-state index contributed by atoms with van der Waals surface area (Å²) in [5.74, 6) is 1.56. The first-order valence-electron chi connectivity index (χ1n) is 9.14. The predicted octanol–water partition coefficient (Wildman–Crippen LogP) is 2.79. The summed E-state index contributed by atoms with van der Waals surface area (Å²) >= 11 is 6.38. The molecular formula is C19H20ClN5O3S. The lowest BCUT2D eigenvalue weighted by molar-refractivity contribution is 0.474. The number of hydrogen-bond acceptors (Lipinski definition) is 8. The van der Waals surface area contributed by atoms with Gasteiger partial charge in [-0.15, -0.1) is 0 Å². The summed E-state index contributed by atoms with van der Waals surface area (Å²) in [4.78, 5) is 14.9. The monoisotopic (exact) mass is 433 g/mol. The zero-order valence-electron chi connectivity index (χ0n) is 15.7. The van der Waals surface area contributed by atoms with E-state index in [0.717, 1.165) is 5.56 Å². The SMILES string of the molecule is C[C@@H](Nc1ncnc2c(Cl)nc(N3CCS(=O)(=O)CC3)cc12)c1cccc(O)c1. The number of halogens is 1. The first-order valence-corrected chi connectivity index (χ1v) is 11.3. The van der Waals surface area contributed by atoms with Gasteiger partial charge >= 0.3 is 0 Å². The molecule has 1 aliphatic heterocycles. The predicted molar refractivity (Wildman–Crippen MR) is 113 cm³/mol. The fourth-order valence-corrected chi connectivity index (χ4v) is 4.75. The lowest BCUT2D eigenvalue weighted by atomic mass is 10.1. The van der Waals surface area contributed by atoms with Crippen LogP contribution in [0.1, 0.15) is 18.5 Å². The molecule has 0 unspecified atom stereocenters. The molecule has 0 aliphatic carbocycles. The molecule has 3 aromatic rings. The van der Waals surface area contributed by atoms with Crippen molar-refractivity contribution >= 4 is 44.0 Å². The third kappa shape index (κ3) is 4.20. The first-order chi connectivity index (χ1) is 13.8. The number of sulfone groups is 1. The Kier molecular flexibility index (Phi) is 5.18. The number of phenols is 1. The molecule has 1 aliphatic rings. The normalized spacial score (nSPS) is 17.2. The molecule has 2 aromatic heterocycles. The van der Waals surface area contributed by atoms with E-state index in [9.17, 15) is 13.5 Å². The third-order valence-electron chi connectivity index (χ3n) is 4.96. The molecule has 2 N–H and O–H groups in total. The van der Waals surface area contributed by atoms with Gasteiger partial charge in [-0.05, 0) is 30.7 Å². The molecule has 1 fully saturated rings. The molecular weight excluding hydrogens is 414 g/mol. The number of pyridine rings is 1. The largest absolute Gasteiger partial charge is 0.508 e. The number of aromatic nitrogens is 3. The number of fused-ring (bicyclic) bond motifs is 1. The number of aromatic hydroxyl groups is 1. The van der Waals surface area contributed by atoms with Gasteiger partial charge in [-0.2, -0.15) is 0 Å². The van der Waals surface area contributed by atoms with Crippen LogP contribution in [0.15, 0.2) is 36.7 Å². The van der Waals surface area contributed by atoms with Crippen molar-refractivity contribution in [2.75, 3.05) is 34.8 Å². The number of hydrogen-bond donors (Lipinski definition) is 2. The maximum Gasteiger partial charge on any atom is 0.157 e. The van der Waals surface area contributed by atoms with E-state index in [1.54, 1.807) is 18.2 Å². The van der Waals surface area contributed by atoms with Gasteiger partial charge in [0, 0.05) is 18.5 Å². The van der Waals surface area contributed by atoms with Crippen LogP contribution in [0.25, 0.3) is 10.9 Å². The minimum atomic E-state index is -2.99. The highest BCUT2D eigenvalue weighted by Crippen LogP contribution is 2.31. The minimum absolute atomic E-state index is 0.0925. The van der Waals surface area contributed by atoms with Crippen LogP contribution in [0.2, 0.25) is 5.15 Å². The number of benzene rings is 1. The van der Waals surface area contributed by atoms with Crippen molar-refractivity contribution in [1.82, 2.24) is 15.0 Å².